The maximum atomic E-state index is 12.8. The monoisotopic (exact) mass is 500 g/mol. The van der Waals surface area contributed by atoms with E-state index in [1.54, 1.807) is 19.2 Å². The van der Waals surface area contributed by atoms with Gasteiger partial charge in [0.25, 0.3) is 15.9 Å². The quantitative estimate of drug-likeness (QED) is 0.377. The summed E-state index contributed by atoms with van der Waals surface area (Å²) in [4.78, 5) is 10.7. The van der Waals surface area contributed by atoms with Crippen molar-refractivity contribution in [3.63, 3.8) is 0 Å². The maximum absolute atomic E-state index is 12.8. The minimum absolute atomic E-state index is 0.0114. The van der Waals surface area contributed by atoms with E-state index in [0.29, 0.717) is 18.1 Å². The Labute approximate surface area is 207 Å². The largest absolute Gasteiger partial charge is 0.493 e. The molecule has 0 saturated carbocycles. The highest BCUT2D eigenvalue weighted by molar-refractivity contribution is 7.92. The smallest absolute Gasteiger partial charge is 0.263 e. The van der Waals surface area contributed by atoms with Gasteiger partial charge in [-0.2, -0.15) is 0 Å². The molecule has 188 valence electrons. The lowest BCUT2D eigenvalue weighted by Gasteiger charge is -2.19. The third-order valence-corrected chi connectivity index (χ3v) is 6.74. The Morgan fingerprint density at radius 2 is 1.66 bits per heavy atom. The van der Waals surface area contributed by atoms with Gasteiger partial charge in [-0.05, 0) is 49.8 Å². The van der Waals surface area contributed by atoms with Crippen molar-refractivity contribution in [2.45, 2.75) is 32.3 Å². The number of hydrogen-bond acceptors (Lipinski definition) is 8. The van der Waals surface area contributed by atoms with Crippen molar-refractivity contribution in [3.8, 4) is 17.4 Å². The number of nitrogens with zero attached hydrogens (tertiary/aromatic N) is 3. The highest BCUT2D eigenvalue weighted by atomic mass is 32.2. The van der Waals surface area contributed by atoms with Crippen molar-refractivity contribution in [3.05, 3.63) is 66.0 Å². The van der Waals surface area contributed by atoms with Crippen LogP contribution in [0.25, 0.3) is 0 Å². The Balaban J connectivity index is 1.70. The zero-order chi connectivity index (χ0) is 25.3. The third-order valence-electron chi connectivity index (χ3n) is 5.39. The molecule has 0 aliphatic heterocycles. The van der Waals surface area contributed by atoms with Gasteiger partial charge in [-0.15, -0.1) is 0 Å². The lowest BCUT2D eigenvalue weighted by Crippen LogP contribution is -2.28. The molecule has 0 amide bonds. The van der Waals surface area contributed by atoms with Crippen LogP contribution in [0.5, 0.6) is 17.4 Å². The number of likely N-dealkylation sites (N-methyl/N-ethyl adjacent to an activating group) is 1. The molecule has 0 aliphatic rings. The summed E-state index contributed by atoms with van der Waals surface area (Å²) in [5.41, 5.74) is 1.77. The fourth-order valence-electron chi connectivity index (χ4n) is 3.30. The number of sulfonamides is 1. The summed E-state index contributed by atoms with van der Waals surface area (Å²) < 4.78 is 45.2. The van der Waals surface area contributed by atoms with E-state index >= 15 is 0 Å². The van der Waals surface area contributed by atoms with Gasteiger partial charge in [0.2, 0.25) is 5.82 Å². The van der Waals surface area contributed by atoms with Crippen LogP contribution in [0.3, 0.4) is 0 Å². The lowest BCUT2D eigenvalue weighted by atomic mass is 10.2. The van der Waals surface area contributed by atoms with E-state index < -0.39 is 10.0 Å². The number of aryl methyl sites for hydroxylation is 1. The Kier molecular flexibility index (Phi) is 9.27. The molecule has 0 bridgehead atoms. The molecule has 3 aromatic rings. The van der Waals surface area contributed by atoms with Crippen LogP contribution >= 0.6 is 0 Å². The molecule has 35 heavy (non-hydrogen) atoms. The molecule has 10 heteroatoms. The van der Waals surface area contributed by atoms with Crippen molar-refractivity contribution in [2.24, 2.45) is 0 Å². The highest BCUT2D eigenvalue weighted by Crippen LogP contribution is 2.29. The molecule has 0 atom stereocenters. The average Bonchev–Trinajstić information content (AvgIpc) is 2.86. The zero-order valence-electron chi connectivity index (χ0n) is 20.5. The fourth-order valence-corrected chi connectivity index (χ4v) is 4.31. The molecule has 1 aromatic heterocycles. The molecular weight excluding hydrogens is 468 g/mol. The second kappa shape index (κ2) is 12.4. The molecule has 0 fully saturated rings. The second-order valence-corrected chi connectivity index (χ2v) is 9.46. The number of methoxy groups -OCH3 is 1. The van der Waals surface area contributed by atoms with Crippen molar-refractivity contribution in [2.75, 3.05) is 38.1 Å². The summed E-state index contributed by atoms with van der Waals surface area (Å²) in [5.74, 6) is 1.32. The molecule has 0 spiro atoms. The van der Waals surface area contributed by atoms with Crippen molar-refractivity contribution < 1.29 is 22.6 Å². The SMILES string of the molecule is CCN(CC)CCOc1cc(COc2nccnc2NS(=O)(=O)c2ccc(C)cc2)ccc1OC. The van der Waals surface area contributed by atoms with Crippen LogP contribution in [0.4, 0.5) is 5.82 Å². The van der Waals surface area contributed by atoms with Crippen LogP contribution in [-0.2, 0) is 16.6 Å². The van der Waals surface area contributed by atoms with Crippen LogP contribution in [0.2, 0.25) is 0 Å². The Morgan fingerprint density at radius 3 is 2.34 bits per heavy atom. The van der Waals surface area contributed by atoms with E-state index in [1.807, 2.05) is 25.1 Å². The Hall–Kier alpha value is -3.37. The number of nitrogens with one attached hydrogen (secondary N) is 1. The van der Waals surface area contributed by atoms with E-state index in [4.69, 9.17) is 14.2 Å². The van der Waals surface area contributed by atoms with Gasteiger partial charge >= 0.3 is 0 Å². The van der Waals surface area contributed by atoms with Gasteiger partial charge in [0, 0.05) is 18.9 Å². The van der Waals surface area contributed by atoms with Gasteiger partial charge < -0.3 is 19.1 Å². The third kappa shape index (κ3) is 7.30. The highest BCUT2D eigenvalue weighted by Gasteiger charge is 2.18. The molecule has 3 rings (SSSR count). The average molecular weight is 501 g/mol. The van der Waals surface area contributed by atoms with Gasteiger partial charge in [0.05, 0.1) is 12.0 Å². The molecular formula is C25H32N4O5S. The van der Waals surface area contributed by atoms with Crippen LogP contribution in [0, 0.1) is 6.92 Å². The van der Waals surface area contributed by atoms with Crippen LogP contribution < -0.4 is 18.9 Å². The summed E-state index contributed by atoms with van der Waals surface area (Å²) in [6.45, 7) is 9.50. The van der Waals surface area contributed by atoms with Crippen molar-refractivity contribution in [1.82, 2.24) is 14.9 Å². The molecule has 1 heterocycles. The van der Waals surface area contributed by atoms with E-state index in [2.05, 4.69) is 33.4 Å². The molecule has 0 unspecified atom stereocenters. The van der Waals surface area contributed by atoms with E-state index in [1.165, 1.54) is 24.5 Å². The number of benzene rings is 2. The first-order chi connectivity index (χ1) is 16.9. The summed E-state index contributed by atoms with van der Waals surface area (Å²) in [5, 5.41) is 0. The predicted octanol–water partition coefficient (Wildman–Crippen LogP) is 3.89. The summed E-state index contributed by atoms with van der Waals surface area (Å²) in [6, 6.07) is 12.0. The minimum Gasteiger partial charge on any atom is -0.493 e. The summed E-state index contributed by atoms with van der Waals surface area (Å²) in [6.07, 6.45) is 2.84. The van der Waals surface area contributed by atoms with Crippen molar-refractivity contribution in [1.29, 1.82) is 0 Å². The molecule has 1 N–H and O–H groups in total. The number of anilines is 1. The zero-order valence-corrected chi connectivity index (χ0v) is 21.3. The molecule has 2 aromatic carbocycles. The van der Waals surface area contributed by atoms with Gasteiger partial charge in [0.15, 0.2) is 11.5 Å². The molecule has 0 radical (unpaired) electrons. The van der Waals surface area contributed by atoms with E-state index in [-0.39, 0.29) is 23.2 Å². The Bertz CT molecular complexity index is 1200. The van der Waals surface area contributed by atoms with E-state index in [0.717, 1.165) is 30.8 Å². The van der Waals surface area contributed by atoms with Gasteiger partial charge in [-0.3, -0.25) is 4.72 Å². The van der Waals surface area contributed by atoms with Gasteiger partial charge in [0.1, 0.15) is 13.2 Å². The second-order valence-electron chi connectivity index (χ2n) is 7.78. The minimum atomic E-state index is -3.85. The molecule has 9 nitrogen and oxygen atoms in total. The van der Waals surface area contributed by atoms with Gasteiger partial charge in [-0.25, -0.2) is 18.4 Å². The standard InChI is InChI=1S/C25H32N4O5S/c1-5-29(6-2)15-16-33-23-17-20(9-12-22(23)32-4)18-34-25-24(26-13-14-27-25)28-35(30,31)21-10-7-19(3)8-11-21/h7-14,17H,5-6,15-16,18H2,1-4H3,(H,26,28). The van der Waals surface area contributed by atoms with Crippen molar-refractivity contribution >= 4 is 15.8 Å². The normalized spacial score (nSPS) is 11.3. The summed E-state index contributed by atoms with van der Waals surface area (Å²) >= 11 is 0. The maximum Gasteiger partial charge on any atom is 0.263 e. The topological polar surface area (TPSA) is 103 Å². The van der Waals surface area contributed by atoms with Crippen LogP contribution in [0.15, 0.2) is 59.8 Å². The Morgan fingerprint density at radius 1 is 0.943 bits per heavy atom. The van der Waals surface area contributed by atoms with Crippen LogP contribution in [0.1, 0.15) is 25.0 Å². The molecule has 0 aliphatic carbocycles. The number of hydrogen-bond donors (Lipinski definition) is 1. The first-order valence-electron chi connectivity index (χ1n) is 11.4. The van der Waals surface area contributed by atoms with E-state index in [9.17, 15) is 8.42 Å². The number of aromatic nitrogens is 2. The number of ether oxygens (including phenoxy) is 3. The van der Waals surface area contributed by atoms with Gasteiger partial charge in [-0.1, -0.05) is 37.6 Å². The number of rotatable bonds is 13. The lowest BCUT2D eigenvalue weighted by molar-refractivity contribution is 0.216. The fraction of sp³-hybridized carbons (Fsp3) is 0.360. The first-order valence-corrected chi connectivity index (χ1v) is 12.9. The summed E-state index contributed by atoms with van der Waals surface area (Å²) in [7, 11) is -2.25. The predicted molar refractivity (Wildman–Crippen MR) is 135 cm³/mol. The van der Waals surface area contributed by atoms with Crippen LogP contribution in [-0.4, -0.2) is 56.6 Å². The molecule has 0 saturated heterocycles. The first kappa shape index (κ1) is 26.2.